The molecular weight excluding hydrogens is 328 g/mol. The fraction of sp³-hybridized carbons (Fsp3) is 0.190. The van der Waals surface area contributed by atoms with Crippen molar-refractivity contribution in [2.45, 2.75) is 13.5 Å². The second-order valence-corrected chi connectivity index (χ2v) is 6.25. The van der Waals surface area contributed by atoms with Gasteiger partial charge in [0.1, 0.15) is 13.2 Å². The third kappa shape index (κ3) is 3.28. The SMILES string of the molecule is Cc1ccc(C(=O)NCc2ccc3c(c2)OCCO3)cc1-n1cccc1. The fourth-order valence-electron chi connectivity index (χ4n) is 3.01. The van der Waals surface area contributed by atoms with Gasteiger partial charge in [0, 0.05) is 30.2 Å². The van der Waals surface area contributed by atoms with E-state index >= 15 is 0 Å². The highest BCUT2D eigenvalue weighted by atomic mass is 16.6. The lowest BCUT2D eigenvalue weighted by molar-refractivity contribution is 0.0950. The molecule has 1 amide bonds. The standard InChI is InChI=1S/C21H20N2O3/c1-15-4-6-17(13-18(15)23-8-2-3-9-23)21(24)22-14-16-5-7-19-20(12-16)26-11-10-25-19/h2-9,12-13H,10-11,14H2,1H3,(H,22,24). The smallest absolute Gasteiger partial charge is 0.251 e. The van der Waals surface area contributed by atoms with Gasteiger partial charge >= 0.3 is 0 Å². The van der Waals surface area contributed by atoms with Crippen molar-refractivity contribution in [1.82, 2.24) is 9.88 Å². The summed E-state index contributed by atoms with van der Waals surface area (Å²) in [6, 6.07) is 15.4. The number of hydrogen-bond acceptors (Lipinski definition) is 3. The van der Waals surface area contributed by atoms with E-state index in [1.165, 1.54) is 0 Å². The summed E-state index contributed by atoms with van der Waals surface area (Å²) in [5.41, 5.74) is 3.73. The molecule has 132 valence electrons. The Morgan fingerprint density at radius 2 is 1.81 bits per heavy atom. The van der Waals surface area contributed by atoms with Crippen LogP contribution in [-0.2, 0) is 6.54 Å². The number of fused-ring (bicyclic) bond motifs is 1. The number of amides is 1. The average Bonchev–Trinajstić information content (AvgIpc) is 3.21. The second kappa shape index (κ2) is 6.96. The van der Waals surface area contributed by atoms with E-state index in [0.29, 0.717) is 25.3 Å². The lowest BCUT2D eigenvalue weighted by atomic mass is 10.1. The molecular formula is C21H20N2O3. The van der Waals surface area contributed by atoms with E-state index in [1.807, 2.05) is 72.4 Å². The van der Waals surface area contributed by atoms with Gasteiger partial charge in [0.15, 0.2) is 11.5 Å². The highest BCUT2D eigenvalue weighted by molar-refractivity contribution is 5.94. The number of carbonyl (C=O) groups excluding carboxylic acids is 1. The molecule has 3 aromatic rings. The summed E-state index contributed by atoms with van der Waals surface area (Å²) in [7, 11) is 0. The summed E-state index contributed by atoms with van der Waals surface area (Å²) in [6.07, 6.45) is 3.94. The molecule has 1 aliphatic rings. The van der Waals surface area contributed by atoms with Gasteiger partial charge in [0.25, 0.3) is 5.91 Å². The van der Waals surface area contributed by atoms with Gasteiger partial charge in [0.2, 0.25) is 0 Å². The summed E-state index contributed by atoms with van der Waals surface area (Å²) < 4.78 is 13.1. The molecule has 2 heterocycles. The van der Waals surface area contributed by atoms with E-state index in [-0.39, 0.29) is 5.91 Å². The topological polar surface area (TPSA) is 52.5 Å². The quantitative estimate of drug-likeness (QED) is 0.785. The van der Waals surface area contributed by atoms with Crippen LogP contribution in [-0.4, -0.2) is 23.7 Å². The highest BCUT2D eigenvalue weighted by Gasteiger charge is 2.13. The van der Waals surface area contributed by atoms with Gasteiger partial charge in [-0.2, -0.15) is 0 Å². The minimum Gasteiger partial charge on any atom is -0.486 e. The number of ether oxygens (including phenoxy) is 2. The minimum atomic E-state index is -0.103. The Morgan fingerprint density at radius 1 is 1.04 bits per heavy atom. The molecule has 0 atom stereocenters. The van der Waals surface area contributed by atoms with E-state index in [1.54, 1.807) is 0 Å². The van der Waals surface area contributed by atoms with Gasteiger partial charge in [-0.15, -0.1) is 0 Å². The minimum absolute atomic E-state index is 0.103. The van der Waals surface area contributed by atoms with Gasteiger partial charge in [-0.05, 0) is 54.4 Å². The average molecular weight is 348 g/mol. The molecule has 0 radical (unpaired) electrons. The van der Waals surface area contributed by atoms with Gasteiger partial charge in [-0.25, -0.2) is 0 Å². The van der Waals surface area contributed by atoms with E-state index in [2.05, 4.69) is 5.32 Å². The zero-order valence-electron chi connectivity index (χ0n) is 14.6. The van der Waals surface area contributed by atoms with Gasteiger partial charge < -0.3 is 19.4 Å². The Labute approximate surface area is 152 Å². The van der Waals surface area contributed by atoms with Crippen LogP contribution in [0.1, 0.15) is 21.5 Å². The maximum absolute atomic E-state index is 12.6. The molecule has 5 heteroatoms. The van der Waals surface area contributed by atoms with Crippen LogP contribution in [0.2, 0.25) is 0 Å². The van der Waals surface area contributed by atoms with E-state index < -0.39 is 0 Å². The molecule has 0 aliphatic carbocycles. The molecule has 0 bridgehead atoms. The zero-order chi connectivity index (χ0) is 17.9. The van der Waals surface area contributed by atoms with Crippen LogP contribution in [0.4, 0.5) is 0 Å². The van der Waals surface area contributed by atoms with E-state index in [4.69, 9.17) is 9.47 Å². The van der Waals surface area contributed by atoms with Crippen molar-refractivity contribution >= 4 is 5.91 Å². The van der Waals surface area contributed by atoms with Crippen molar-refractivity contribution in [3.8, 4) is 17.2 Å². The number of nitrogens with one attached hydrogen (secondary N) is 1. The molecule has 0 saturated heterocycles. The van der Waals surface area contributed by atoms with Crippen LogP contribution in [0.25, 0.3) is 5.69 Å². The number of aromatic nitrogens is 1. The van der Waals surface area contributed by atoms with Gasteiger partial charge in [-0.3, -0.25) is 4.79 Å². The third-order valence-corrected chi connectivity index (χ3v) is 4.41. The molecule has 1 aliphatic heterocycles. The lowest BCUT2D eigenvalue weighted by Crippen LogP contribution is -2.23. The molecule has 0 unspecified atom stereocenters. The predicted octanol–water partition coefficient (Wildman–Crippen LogP) is 3.49. The van der Waals surface area contributed by atoms with Crippen molar-refractivity contribution in [2.75, 3.05) is 13.2 Å². The van der Waals surface area contributed by atoms with E-state index in [9.17, 15) is 4.79 Å². The molecule has 5 nitrogen and oxygen atoms in total. The molecule has 0 spiro atoms. The van der Waals surface area contributed by atoms with Crippen LogP contribution in [0.3, 0.4) is 0 Å². The summed E-state index contributed by atoms with van der Waals surface area (Å²) in [6.45, 7) is 3.59. The van der Waals surface area contributed by atoms with Crippen molar-refractivity contribution in [3.63, 3.8) is 0 Å². The summed E-state index contributed by atoms with van der Waals surface area (Å²) >= 11 is 0. The molecule has 4 rings (SSSR count). The first-order valence-corrected chi connectivity index (χ1v) is 8.61. The Hall–Kier alpha value is -3.21. The molecule has 1 aromatic heterocycles. The number of rotatable bonds is 4. The largest absolute Gasteiger partial charge is 0.486 e. The molecule has 0 fully saturated rings. The van der Waals surface area contributed by atoms with Crippen molar-refractivity contribution in [1.29, 1.82) is 0 Å². The predicted molar refractivity (Wildman–Crippen MR) is 99.1 cm³/mol. The molecule has 26 heavy (non-hydrogen) atoms. The number of carbonyl (C=O) groups is 1. The Kier molecular flexibility index (Phi) is 4.35. The van der Waals surface area contributed by atoms with Crippen molar-refractivity contribution in [3.05, 3.63) is 77.6 Å². The van der Waals surface area contributed by atoms with Crippen LogP contribution in [0, 0.1) is 6.92 Å². The summed E-state index contributed by atoms with van der Waals surface area (Å²) in [5, 5.41) is 2.97. The Morgan fingerprint density at radius 3 is 2.62 bits per heavy atom. The summed E-state index contributed by atoms with van der Waals surface area (Å²) in [4.78, 5) is 12.6. The van der Waals surface area contributed by atoms with E-state index in [0.717, 1.165) is 28.3 Å². The Bertz CT molecular complexity index is 932. The molecule has 1 N–H and O–H groups in total. The van der Waals surface area contributed by atoms with Crippen molar-refractivity contribution in [2.24, 2.45) is 0 Å². The highest BCUT2D eigenvalue weighted by Crippen LogP contribution is 2.30. The first-order chi connectivity index (χ1) is 12.7. The number of nitrogens with zero attached hydrogens (tertiary/aromatic N) is 1. The van der Waals surface area contributed by atoms with Crippen LogP contribution in [0.5, 0.6) is 11.5 Å². The van der Waals surface area contributed by atoms with Gasteiger partial charge in [0.05, 0.1) is 0 Å². The number of hydrogen-bond donors (Lipinski definition) is 1. The molecule has 2 aromatic carbocycles. The maximum Gasteiger partial charge on any atom is 0.251 e. The monoisotopic (exact) mass is 348 g/mol. The third-order valence-electron chi connectivity index (χ3n) is 4.41. The molecule has 0 saturated carbocycles. The second-order valence-electron chi connectivity index (χ2n) is 6.25. The van der Waals surface area contributed by atoms with Crippen LogP contribution < -0.4 is 14.8 Å². The number of benzene rings is 2. The van der Waals surface area contributed by atoms with Crippen LogP contribution in [0.15, 0.2) is 60.9 Å². The summed E-state index contributed by atoms with van der Waals surface area (Å²) in [5.74, 6) is 1.38. The van der Waals surface area contributed by atoms with Crippen LogP contribution >= 0.6 is 0 Å². The first-order valence-electron chi connectivity index (χ1n) is 8.61. The lowest BCUT2D eigenvalue weighted by Gasteiger charge is -2.19. The van der Waals surface area contributed by atoms with Crippen molar-refractivity contribution < 1.29 is 14.3 Å². The number of aryl methyl sites for hydroxylation is 1. The maximum atomic E-state index is 12.6. The fourth-order valence-corrected chi connectivity index (χ4v) is 3.01. The zero-order valence-corrected chi connectivity index (χ0v) is 14.6. The normalized spacial score (nSPS) is 12.7. The Balaban J connectivity index is 1.48. The first kappa shape index (κ1) is 16.3. The van der Waals surface area contributed by atoms with Gasteiger partial charge in [-0.1, -0.05) is 12.1 Å².